The molecular weight excluding hydrogens is 292 g/mol. The summed E-state index contributed by atoms with van der Waals surface area (Å²) < 4.78 is 5.16. The molecule has 1 amide bonds. The van der Waals surface area contributed by atoms with E-state index in [-0.39, 0.29) is 12.5 Å². The quantitative estimate of drug-likeness (QED) is 0.622. The van der Waals surface area contributed by atoms with Crippen LogP contribution in [0.1, 0.15) is 16.8 Å². The second-order valence-corrected chi connectivity index (χ2v) is 4.98. The molecule has 0 saturated heterocycles. The molecule has 0 aliphatic rings. The highest BCUT2D eigenvalue weighted by Gasteiger charge is 2.10. The van der Waals surface area contributed by atoms with E-state index in [0.29, 0.717) is 31.7 Å². The number of carbonyl (C=O) groups excluding carboxylic acids is 1. The monoisotopic (exact) mass is 314 g/mol. The zero-order valence-corrected chi connectivity index (χ0v) is 13.0. The van der Waals surface area contributed by atoms with Gasteiger partial charge in [-0.3, -0.25) is 4.79 Å². The van der Waals surface area contributed by atoms with Gasteiger partial charge in [0.15, 0.2) is 0 Å². The largest absolute Gasteiger partial charge is 0.394 e. The van der Waals surface area contributed by atoms with Crippen LogP contribution in [0.15, 0.2) is 54.6 Å². The molecule has 5 heteroatoms. The lowest BCUT2D eigenvalue weighted by atomic mass is 10.1. The average molecular weight is 314 g/mol. The number of anilines is 2. The Morgan fingerprint density at radius 2 is 1.74 bits per heavy atom. The van der Waals surface area contributed by atoms with Gasteiger partial charge < -0.3 is 20.5 Å². The molecule has 0 aliphatic carbocycles. The van der Waals surface area contributed by atoms with Crippen LogP contribution in [0, 0.1) is 0 Å². The second kappa shape index (κ2) is 9.61. The van der Waals surface area contributed by atoms with E-state index in [1.54, 1.807) is 6.07 Å². The van der Waals surface area contributed by atoms with E-state index >= 15 is 0 Å². The number of para-hydroxylation sites is 2. The van der Waals surface area contributed by atoms with Gasteiger partial charge in [-0.25, -0.2) is 0 Å². The Kier molecular flexibility index (Phi) is 7.10. The minimum atomic E-state index is -0.119. The van der Waals surface area contributed by atoms with Crippen molar-refractivity contribution in [2.45, 2.75) is 6.42 Å². The number of hydrogen-bond acceptors (Lipinski definition) is 4. The minimum Gasteiger partial charge on any atom is -0.394 e. The Hall–Kier alpha value is -2.37. The van der Waals surface area contributed by atoms with Crippen molar-refractivity contribution in [3.63, 3.8) is 0 Å². The highest BCUT2D eigenvalue weighted by Crippen LogP contribution is 2.20. The van der Waals surface area contributed by atoms with Crippen LogP contribution in [-0.2, 0) is 4.74 Å². The Bertz CT molecular complexity index is 602. The second-order valence-electron chi connectivity index (χ2n) is 4.98. The summed E-state index contributed by atoms with van der Waals surface area (Å²) in [5.41, 5.74) is 2.31. The summed E-state index contributed by atoms with van der Waals surface area (Å²) in [6.07, 6.45) is 0.708. The molecule has 0 fully saturated rings. The summed E-state index contributed by atoms with van der Waals surface area (Å²) in [6, 6.07) is 17.1. The molecule has 0 spiro atoms. The summed E-state index contributed by atoms with van der Waals surface area (Å²) in [4.78, 5) is 12.3. The number of hydrogen-bond donors (Lipinski definition) is 3. The van der Waals surface area contributed by atoms with Crippen LogP contribution in [0.5, 0.6) is 0 Å². The minimum absolute atomic E-state index is 0.0187. The molecular formula is C18H22N2O3. The molecule has 0 aromatic heterocycles. The summed E-state index contributed by atoms with van der Waals surface area (Å²) in [7, 11) is 0. The van der Waals surface area contributed by atoms with Gasteiger partial charge in [0, 0.05) is 18.8 Å². The number of benzene rings is 2. The number of rotatable bonds is 9. The Balaban J connectivity index is 1.90. The van der Waals surface area contributed by atoms with Gasteiger partial charge in [0.25, 0.3) is 5.91 Å². The van der Waals surface area contributed by atoms with Gasteiger partial charge in [0.2, 0.25) is 0 Å². The van der Waals surface area contributed by atoms with Crippen LogP contribution in [0.2, 0.25) is 0 Å². The number of ether oxygens (including phenoxy) is 1. The lowest BCUT2D eigenvalue weighted by molar-refractivity contribution is 0.0868. The smallest absolute Gasteiger partial charge is 0.253 e. The van der Waals surface area contributed by atoms with Crippen LogP contribution in [0.3, 0.4) is 0 Å². The first-order chi connectivity index (χ1) is 11.3. The molecule has 2 aromatic rings. The van der Waals surface area contributed by atoms with E-state index in [4.69, 9.17) is 9.84 Å². The Labute approximate surface area is 136 Å². The van der Waals surface area contributed by atoms with E-state index in [1.165, 1.54) is 0 Å². The molecule has 3 N–H and O–H groups in total. The van der Waals surface area contributed by atoms with Crippen molar-refractivity contribution in [2.75, 3.05) is 31.7 Å². The fraction of sp³-hybridized carbons (Fsp3) is 0.278. The fourth-order valence-corrected chi connectivity index (χ4v) is 2.11. The molecule has 2 rings (SSSR count). The zero-order valence-electron chi connectivity index (χ0n) is 13.0. The summed E-state index contributed by atoms with van der Waals surface area (Å²) >= 11 is 0. The highest BCUT2D eigenvalue weighted by molar-refractivity contribution is 6.00. The van der Waals surface area contributed by atoms with Crippen molar-refractivity contribution in [3.05, 3.63) is 60.2 Å². The van der Waals surface area contributed by atoms with Gasteiger partial charge >= 0.3 is 0 Å². The summed E-state index contributed by atoms with van der Waals surface area (Å²) in [6.45, 7) is 1.40. The fourth-order valence-electron chi connectivity index (χ4n) is 2.11. The first kappa shape index (κ1) is 17.0. The molecule has 0 aliphatic heterocycles. The summed E-state index contributed by atoms with van der Waals surface area (Å²) in [5, 5.41) is 14.7. The molecule has 23 heavy (non-hydrogen) atoms. The van der Waals surface area contributed by atoms with Gasteiger partial charge in [0.1, 0.15) is 0 Å². The van der Waals surface area contributed by atoms with E-state index in [1.807, 2.05) is 48.5 Å². The van der Waals surface area contributed by atoms with Gasteiger partial charge in [-0.15, -0.1) is 0 Å². The van der Waals surface area contributed by atoms with Crippen LogP contribution in [0.4, 0.5) is 11.4 Å². The molecule has 0 unspecified atom stereocenters. The maximum atomic E-state index is 12.3. The van der Waals surface area contributed by atoms with Crippen LogP contribution in [-0.4, -0.2) is 37.4 Å². The number of nitrogens with one attached hydrogen (secondary N) is 2. The van der Waals surface area contributed by atoms with E-state index < -0.39 is 0 Å². The van der Waals surface area contributed by atoms with Gasteiger partial charge in [-0.1, -0.05) is 30.3 Å². The molecule has 122 valence electrons. The first-order valence-corrected chi connectivity index (χ1v) is 7.69. The average Bonchev–Trinajstić information content (AvgIpc) is 2.59. The molecule has 0 saturated carbocycles. The van der Waals surface area contributed by atoms with Crippen molar-refractivity contribution < 1.29 is 14.6 Å². The number of aliphatic hydroxyl groups is 1. The van der Waals surface area contributed by atoms with Gasteiger partial charge in [0.05, 0.1) is 24.5 Å². The molecule has 0 radical (unpaired) electrons. The lowest BCUT2D eigenvalue weighted by Crippen LogP contribution is -2.26. The van der Waals surface area contributed by atoms with E-state index in [0.717, 1.165) is 11.4 Å². The summed E-state index contributed by atoms with van der Waals surface area (Å²) in [5.74, 6) is -0.119. The number of amides is 1. The Morgan fingerprint density at radius 3 is 2.52 bits per heavy atom. The van der Waals surface area contributed by atoms with E-state index in [9.17, 15) is 4.79 Å². The van der Waals surface area contributed by atoms with Crippen molar-refractivity contribution in [1.82, 2.24) is 5.32 Å². The van der Waals surface area contributed by atoms with Crippen LogP contribution in [0.25, 0.3) is 0 Å². The topological polar surface area (TPSA) is 70.6 Å². The zero-order chi connectivity index (χ0) is 16.3. The van der Waals surface area contributed by atoms with Crippen molar-refractivity contribution in [2.24, 2.45) is 0 Å². The molecule has 0 atom stereocenters. The molecule has 2 aromatic carbocycles. The van der Waals surface area contributed by atoms with Crippen LogP contribution >= 0.6 is 0 Å². The number of aliphatic hydroxyl groups excluding tert-OH is 1. The van der Waals surface area contributed by atoms with Crippen molar-refractivity contribution in [1.29, 1.82) is 0 Å². The molecule has 5 nitrogen and oxygen atoms in total. The molecule has 0 bridgehead atoms. The standard InChI is InChI=1S/C18H22N2O3/c21-12-14-23-13-6-11-19-18(22)16-9-4-5-10-17(16)20-15-7-2-1-3-8-15/h1-5,7-10,20-21H,6,11-14H2,(H,19,22). The first-order valence-electron chi connectivity index (χ1n) is 7.69. The lowest BCUT2D eigenvalue weighted by Gasteiger charge is -2.12. The predicted octanol–water partition coefficient (Wildman–Crippen LogP) is 2.56. The number of carbonyl (C=O) groups is 1. The molecule has 0 heterocycles. The van der Waals surface area contributed by atoms with Gasteiger partial charge in [-0.05, 0) is 30.7 Å². The highest BCUT2D eigenvalue weighted by atomic mass is 16.5. The third-order valence-electron chi connectivity index (χ3n) is 3.21. The van der Waals surface area contributed by atoms with Crippen molar-refractivity contribution in [3.8, 4) is 0 Å². The maximum absolute atomic E-state index is 12.3. The third-order valence-corrected chi connectivity index (χ3v) is 3.21. The van der Waals surface area contributed by atoms with E-state index in [2.05, 4.69) is 10.6 Å². The van der Waals surface area contributed by atoms with Crippen molar-refractivity contribution >= 4 is 17.3 Å². The van der Waals surface area contributed by atoms with Gasteiger partial charge in [-0.2, -0.15) is 0 Å². The third kappa shape index (κ3) is 5.73. The van der Waals surface area contributed by atoms with Crippen LogP contribution < -0.4 is 10.6 Å². The SMILES string of the molecule is O=C(NCCCOCCO)c1ccccc1Nc1ccccc1. The Morgan fingerprint density at radius 1 is 1.00 bits per heavy atom. The predicted molar refractivity (Wildman–Crippen MR) is 91.0 cm³/mol. The maximum Gasteiger partial charge on any atom is 0.253 e. The normalized spacial score (nSPS) is 10.3.